The highest BCUT2D eigenvalue weighted by Gasteiger charge is 1.79. The molecule has 0 aliphatic rings. The molecule has 0 bridgehead atoms. The van der Waals surface area contributed by atoms with Crippen LogP contribution in [0.25, 0.3) is 0 Å². The number of hydrogen-bond acceptors (Lipinski definition) is 1. The lowest BCUT2D eigenvalue weighted by molar-refractivity contribution is 0.398. The van der Waals surface area contributed by atoms with Crippen LogP contribution in [0, 0.1) is 0 Å². The maximum Gasteiger partial charge on any atom is 0.175 e. The second-order valence-electron chi connectivity index (χ2n) is 0.886. The van der Waals surface area contributed by atoms with Crippen molar-refractivity contribution in [2.24, 2.45) is 0 Å². The molecule has 0 amide bonds. The zero-order valence-corrected chi connectivity index (χ0v) is 5.34. The van der Waals surface area contributed by atoms with E-state index in [4.69, 9.17) is 4.74 Å². The molecule has 1 N–H and O–H groups in total. The fourth-order valence-electron chi connectivity index (χ4n) is 0.233. The molecule has 2 nitrogen and oxygen atoms in total. The van der Waals surface area contributed by atoms with Crippen LogP contribution < -0.4 is 5.32 Å². The fourth-order valence-corrected chi connectivity index (χ4v) is 0.495. The summed E-state index contributed by atoms with van der Waals surface area (Å²) >= 11 is 0. The standard InChI is InChI=1S/C4H9NOS/c1-5-4(6-2)7-3/h5H,3H2,1-2H3. The van der Waals surface area contributed by atoms with Gasteiger partial charge in [-0.2, -0.15) is 0 Å². The van der Waals surface area contributed by atoms with Gasteiger partial charge >= 0.3 is 0 Å². The lowest BCUT2D eigenvalue weighted by Gasteiger charge is -1.93. The predicted molar refractivity (Wildman–Crippen MR) is 35.8 cm³/mol. The van der Waals surface area contributed by atoms with Crippen molar-refractivity contribution < 1.29 is 4.74 Å². The molecule has 0 unspecified atom stereocenters. The highest BCUT2D eigenvalue weighted by molar-refractivity contribution is 7.95. The molecule has 0 rings (SSSR count). The quantitative estimate of drug-likeness (QED) is 0.457. The molecule has 0 atom stereocenters. The summed E-state index contributed by atoms with van der Waals surface area (Å²) in [6.45, 7) is 0. The van der Waals surface area contributed by atoms with Gasteiger partial charge in [-0.05, 0) is 12.9 Å². The lowest BCUT2D eigenvalue weighted by atomic mass is 11.1. The molecule has 0 aromatic heterocycles. The van der Waals surface area contributed by atoms with Gasteiger partial charge in [0, 0.05) is 7.11 Å². The smallest absolute Gasteiger partial charge is 0.175 e. The summed E-state index contributed by atoms with van der Waals surface area (Å²) in [5, 5.41) is 3.53. The Bertz CT molecular complexity index is 89.9. The molecule has 0 aromatic carbocycles. The average molecular weight is 119 g/mol. The first-order valence-electron chi connectivity index (χ1n) is 1.86. The van der Waals surface area contributed by atoms with Crippen LogP contribution in [0.4, 0.5) is 0 Å². The largest absolute Gasteiger partial charge is 0.330 e. The molecular formula is C4H9NOS. The summed E-state index contributed by atoms with van der Waals surface area (Å²) in [5.41, 5.74) is 0. The van der Waals surface area contributed by atoms with Gasteiger partial charge in [0.2, 0.25) is 0 Å². The van der Waals surface area contributed by atoms with Crippen molar-refractivity contribution >= 4 is 22.0 Å². The van der Waals surface area contributed by atoms with Gasteiger partial charge in [0.15, 0.2) is 5.17 Å². The van der Waals surface area contributed by atoms with Gasteiger partial charge < -0.3 is 4.74 Å². The molecule has 0 aliphatic carbocycles. The predicted octanol–water partition coefficient (Wildman–Crippen LogP) is 0.105. The minimum Gasteiger partial charge on any atom is -0.330 e. The van der Waals surface area contributed by atoms with Crippen LogP contribution in [0.1, 0.15) is 0 Å². The van der Waals surface area contributed by atoms with E-state index < -0.39 is 0 Å². The van der Waals surface area contributed by atoms with Crippen molar-refractivity contribution in [2.75, 3.05) is 14.2 Å². The Hall–Kier alpha value is -0.120. The molecule has 42 valence electrons. The third-order valence-electron chi connectivity index (χ3n) is 0.521. The Morgan fingerprint density at radius 3 is 2.43 bits per heavy atom. The Balaban J connectivity index is 3.61. The van der Waals surface area contributed by atoms with Crippen molar-refractivity contribution in [1.29, 1.82) is 0 Å². The third-order valence-corrected chi connectivity index (χ3v) is 1.15. The third kappa shape index (κ3) is 2.56. The molecule has 0 aromatic rings. The van der Waals surface area contributed by atoms with Crippen molar-refractivity contribution in [3.8, 4) is 0 Å². The van der Waals surface area contributed by atoms with Gasteiger partial charge in [0.05, 0.1) is 0 Å². The van der Waals surface area contributed by atoms with Gasteiger partial charge in [0.25, 0.3) is 0 Å². The Kier molecular flexibility index (Phi) is 3.98. The van der Waals surface area contributed by atoms with Crippen LogP contribution in [-0.2, 0) is 4.74 Å². The Morgan fingerprint density at radius 1 is 1.86 bits per heavy atom. The van der Waals surface area contributed by atoms with E-state index in [1.807, 2.05) is 0 Å². The molecule has 0 heterocycles. The zero-order chi connectivity index (χ0) is 5.70. The summed E-state index contributed by atoms with van der Waals surface area (Å²) in [7, 11) is 4.69. The van der Waals surface area contributed by atoms with Crippen molar-refractivity contribution in [1.82, 2.24) is 5.32 Å². The summed E-state index contributed by atoms with van der Waals surface area (Å²) in [5.74, 6) is 3.52. The molecule has 7 heavy (non-hydrogen) atoms. The SMILES string of the molecule is C=S=C(NC)OC. The number of hydrogen-bond donors (Lipinski definition) is 1. The van der Waals surface area contributed by atoms with E-state index in [-0.39, 0.29) is 0 Å². The molecule has 0 aliphatic heterocycles. The van der Waals surface area contributed by atoms with Crippen LogP contribution in [0.15, 0.2) is 0 Å². The van der Waals surface area contributed by atoms with Crippen LogP contribution in [0.3, 0.4) is 0 Å². The summed E-state index contributed by atoms with van der Waals surface area (Å²) < 4.78 is 4.75. The van der Waals surface area contributed by atoms with Crippen LogP contribution in [0.2, 0.25) is 0 Å². The summed E-state index contributed by atoms with van der Waals surface area (Å²) in [6.07, 6.45) is 0. The second-order valence-corrected chi connectivity index (χ2v) is 1.55. The molecule has 0 saturated carbocycles. The molecule has 0 fully saturated rings. The molecule has 0 radical (unpaired) electrons. The first-order chi connectivity index (χ1) is 3.35. The number of methoxy groups -OCH3 is 1. The van der Waals surface area contributed by atoms with Crippen LogP contribution in [0.5, 0.6) is 0 Å². The van der Waals surface area contributed by atoms with E-state index in [1.165, 1.54) is 10.9 Å². The van der Waals surface area contributed by atoms with Gasteiger partial charge in [-0.15, -0.1) is 10.9 Å². The summed E-state index contributed by atoms with van der Waals surface area (Å²) in [4.78, 5) is 0. The van der Waals surface area contributed by atoms with E-state index in [2.05, 4.69) is 11.2 Å². The van der Waals surface area contributed by atoms with Gasteiger partial charge in [-0.1, -0.05) is 0 Å². The topological polar surface area (TPSA) is 21.3 Å². The average Bonchev–Trinajstić information content (AvgIpc) is 1.72. The van der Waals surface area contributed by atoms with E-state index >= 15 is 0 Å². The minimum atomic E-state index is 0.736. The maximum absolute atomic E-state index is 4.75. The Morgan fingerprint density at radius 2 is 2.43 bits per heavy atom. The minimum absolute atomic E-state index is 0.736. The first kappa shape index (κ1) is 6.88. The highest BCUT2D eigenvalue weighted by atomic mass is 32.1. The first-order valence-corrected chi connectivity index (χ1v) is 2.84. The van der Waals surface area contributed by atoms with Crippen LogP contribution in [-0.4, -0.2) is 25.2 Å². The Labute approximate surface area is 47.0 Å². The molecular weight excluding hydrogens is 110 g/mol. The van der Waals surface area contributed by atoms with Crippen molar-refractivity contribution in [3.05, 3.63) is 0 Å². The lowest BCUT2D eigenvalue weighted by Crippen LogP contribution is -2.16. The van der Waals surface area contributed by atoms with Crippen molar-refractivity contribution in [2.45, 2.75) is 0 Å². The van der Waals surface area contributed by atoms with E-state index in [1.54, 1.807) is 14.2 Å². The van der Waals surface area contributed by atoms with E-state index in [0.717, 1.165) is 5.17 Å². The molecule has 0 spiro atoms. The second kappa shape index (κ2) is 4.05. The highest BCUT2D eigenvalue weighted by Crippen LogP contribution is 1.70. The van der Waals surface area contributed by atoms with Gasteiger partial charge in [-0.3, -0.25) is 5.32 Å². The zero-order valence-electron chi connectivity index (χ0n) is 4.52. The molecule has 0 saturated heterocycles. The number of ether oxygens (including phenoxy) is 1. The molecule has 3 heteroatoms. The van der Waals surface area contributed by atoms with Gasteiger partial charge in [-0.25, -0.2) is 0 Å². The van der Waals surface area contributed by atoms with Crippen LogP contribution >= 0.6 is 10.9 Å². The number of nitrogens with one attached hydrogen (secondary N) is 1. The maximum atomic E-state index is 4.75. The summed E-state index contributed by atoms with van der Waals surface area (Å²) in [6, 6.07) is 0. The van der Waals surface area contributed by atoms with E-state index in [0.29, 0.717) is 0 Å². The fraction of sp³-hybridized carbons (Fsp3) is 0.500. The van der Waals surface area contributed by atoms with E-state index in [9.17, 15) is 0 Å². The van der Waals surface area contributed by atoms with Crippen molar-refractivity contribution in [3.63, 3.8) is 0 Å². The van der Waals surface area contributed by atoms with Gasteiger partial charge in [0.1, 0.15) is 0 Å². The number of rotatable bonds is 0. The normalized spacial score (nSPS) is 8.29. The monoisotopic (exact) mass is 119 g/mol.